The minimum atomic E-state index is -1.14. The van der Waals surface area contributed by atoms with Gasteiger partial charge in [0.15, 0.2) is 0 Å². The Morgan fingerprint density at radius 1 is 0.549 bits per heavy atom. The molecule has 0 radical (unpaired) electrons. The van der Waals surface area contributed by atoms with Crippen LogP contribution in [0.15, 0.2) is 36.4 Å². The number of aliphatic carboxylic acids is 1. The summed E-state index contributed by atoms with van der Waals surface area (Å²) in [5, 5.41) is 15.2. The predicted molar refractivity (Wildman–Crippen MR) is 290 cm³/mol. The molecule has 2 unspecified atom stereocenters. The van der Waals surface area contributed by atoms with E-state index >= 15 is 0 Å². The van der Waals surface area contributed by atoms with E-state index in [1.165, 1.54) is 250 Å². The number of nitrogens with one attached hydrogen (secondary N) is 1. The molecule has 2 fully saturated rings. The fourth-order valence-corrected chi connectivity index (χ4v) is 11.8. The molecule has 7 nitrogen and oxygen atoms in total. The van der Waals surface area contributed by atoms with Crippen molar-refractivity contribution in [3.05, 3.63) is 52.5 Å². The molecule has 2 aromatic carbocycles. The minimum Gasteiger partial charge on any atom is -0.549 e. The van der Waals surface area contributed by atoms with Crippen LogP contribution in [0.5, 0.6) is 17.2 Å². The van der Waals surface area contributed by atoms with E-state index in [2.05, 4.69) is 5.32 Å². The van der Waals surface area contributed by atoms with Crippen molar-refractivity contribution < 1.29 is 58.5 Å². The molecule has 2 heterocycles. The minimum absolute atomic E-state index is 0. The largest absolute Gasteiger partial charge is 1.00 e. The van der Waals surface area contributed by atoms with Gasteiger partial charge in [0, 0.05) is 29.1 Å². The van der Waals surface area contributed by atoms with Crippen molar-refractivity contribution in [3.8, 4) is 17.2 Å². The van der Waals surface area contributed by atoms with Crippen LogP contribution in [-0.2, 0) is 9.53 Å². The molecule has 5 rings (SSSR count). The van der Waals surface area contributed by atoms with Crippen molar-refractivity contribution in [1.82, 2.24) is 5.32 Å². The summed E-state index contributed by atoms with van der Waals surface area (Å²) in [7, 11) is 0. The fourth-order valence-electron chi connectivity index (χ4n) is 11.6. The molecule has 1 saturated heterocycles. The van der Waals surface area contributed by atoms with Crippen LogP contribution in [0.3, 0.4) is 0 Å². The van der Waals surface area contributed by atoms with Gasteiger partial charge in [0.1, 0.15) is 17.2 Å². The van der Waals surface area contributed by atoms with Crippen molar-refractivity contribution in [2.45, 2.75) is 294 Å². The van der Waals surface area contributed by atoms with Gasteiger partial charge >= 0.3 is 29.6 Å². The van der Waals surface area contributed by atoms with E-state index in [-0.39, 0.29) is 58.7 Å². The first-order valence-electron chi connectivity index (χ1n) is 29.8. The second-order valence-electron chi connectivity index (χ2n) is 22.1. The average Bonchev–Trinajstić information content (AvgIpc) is 3.76. The molecule has 1 aliphatic carbocycles. The Hall–Kier alpha value is -1.77. The molecule has 1 N–H and O–H groups in total. The van der Waals surface area contributed by atoms with Gasteiger partial charge in [0.25, 0.3) is 5.91 Å². The van der Waals surface area contributed by atoms with E-state index in [4.69, 9.17) is 25.8 Å². The van der Waals surface area contributed by atoms with E-state index in [1.54, 1.807) is 36.4 Å². The molecule has 9 heteroatoms. The van der Waals surface area contributed by atoms with Gasteiger partial charge in [0.05, 0.1) is 29.9 Å². The second-order valence-corrected chi connectivity index (χ2v) is 22.5. The van der Waals surface area contributed by atoms with Crippen molar-refractivity contribution in [1.29, 1.82) is 0 Å². The number of fused-ring (bicyclic) bond motifs is 1. The number of rotatable bonds is 5. The zero-order valence-corrected chi connectivity index (χ0v) is 48.0. The van der Waals surface area contributed by atoms with Gasteiger partial charge in [-0.15, -0.1) is 0 Å². The number of carbonyl (C=O) groups excluding carboxylic acids is 2. The first-order chi connectivity index (χ1) is 34.4. The predicted octanol–water partition coefficient (Wildman–Crippen LogP) is 15.0. The molecule has 71 heavy (non-hydrogen) atoms. The average molecular weight is 1010 g/mol. The van der Waals surface area contributed by atoms with Crippen LogP contribution in [0.1, 0.15) is 298 Å². The smallest absolute Gasteiger partial charge is 0.549 e. The summed E-state index contributed by atoms with van der Waals surface area (Å²) in [6.45, 7) is 0.842. The molecule has 0 aromatic heterocycles. The summed E-state index contributed by atoms with van der Waals surface area (Å²) in [5.41, 5.74) is 0.906. The van der Waals surface area contributed by atoms with Crippen LogP contribution in [0.2, 0.25) is 5.02 Å². The molecular weight excluding hydrogens is 913 g/mol. The molecule has 1 spiro atoms. The monoisotopic (exact) mass is 1010 g/mol. The molecular formula is C62H99ClNNaO6. The number of ether oxygens (including phenoxy) is 3. The molecule has 3 aliphatic rings. The van der Waals surface area contributed by atoms with E-state index in [0.29, 0.717) is 41.4 Å². The summed E-state index contributed by atoms with van der Waals surface area (Å²) in [5.74, 6) is -0.715. The van der Waals surface area contributed by atoms with E-state index in [0.717, 1.165) is 19.3 Å². The quantitative estimate of drug-likeness (QED) is 0.300. The molecule has 2 atom stereocenters. The van der Waals surface area contributed by atoms with E-state index in [9.17, 15) is 14.7 Å². The Morgan fingerprint density at radius 3 is 1.28 bits per heavy atom. The van der Waals surface area contributed by atoms with E-state index < -0.39 is 11.9 Å². The Labute approximate surface area is 460 Å². The summed E-state index contributed by atoms with van der Waals surface area (Å²) in [6, 6.07) is 10.2. The summed E-state index contributed by atoms with van der Waals surface area (Å²) < 4.78 is 18.5. The summed E-state index contributed by atoms with van der Waals surface area (Å²) in [4.78, 5) is 25.2. The first-order valence-corrected chi connectivity index (χ1v) is 30.2. The number of benzene rings is 2. The third kappa shape index (κ3) is 26.0. The molecule has 0 bridgehead atoms. The molecule has 1 saturated carbocycles. The Balaban J connectivity index is 0.0000110. The van der Waals surface area contributed by atoms with Crippen molar-refractivity contribution in [2.75, 3.05) is 13.2 Å². The number of amides is 1. The third-order valence-corrected chi connectivity index (χ3v) is 16.3. The van der Waals surface area contributed by atoms with Gasteiger partial charge in [-0.1, -0.05) is 262 Å². The van der Waals surface area contributed by atoms with Crippen LogP contribution >= 0.6 is 11.6 Å². The van der Waals surface area contributed by atoms with Crippen molar-refractivity contribution in [3.63, 3.8) is 0 Å². The van der Waals surface area contributed by atoms with E-state index in [1.807, 2.05) is 0 Å². The van der Waals surface area contributed by atoms with Crippen LogP contribution < -0.4 is 49.5 Å². The Morgan fingerprint density at radius 2 is 0.915 bits per heavy atom. The number of halogens is 1. The number of carboxylic acid groups (broad SMARTS) is 1. The van der Waals surface area contributed by atoms with Crippen LogP contribution in [0.4, 0.5) is 0 Å². The second kappa shape index (κ2) is 38.7. The Bertz CT molecular complexity index is 1650. The fraction of sp³-hybridized carbons (Fsp3) is 0.774. The van der Waals surface area contributed by atoms with Crippen LogP contribution in [0.25, 0.3) is 0 Å². The SMILES string of the molecule is O=C(NC1COC2(CCCCCCCCCCCCCCCCCCCCCCCCCCCCCCCCCCCCCCCCC2)C1)c1ccc(Oc2cc3c(cc2Cl)C(C(=O)[O-])CCO3)cc1.[Na+]. The van der Waals surface area contributed by atoms with Crippen molar-refractivity contribution in [2.24, 2.45) is 0 Å². The summed E-state index contributed by atoms with van der Waals surface area (Å²) in [6.07, 6.45) is 58.1. The molecule has 1 amide bonds. The Kier molecular flexibility index (Phi) is 33.7. The summed E-state index contributed by atoms with van der Waals surface area (Å²) >= 11 is 6.52. The zero-order chi connectivity index (χ0) is 49.2. The number of hydrogen-bond donors (Lipinski definition) is 1. The van der Waals surface area contributed by atoms with Gasteiger partial charge in [-0.3, -0.25) is 4.79 Å². The topological polar surface area (TPSA) is 96.9 Å². The maximum Gasteiger partial charge on any atom is 1.00 e. The number of hydrogen-bond acceptors (Lipinski definition) is 6. The van der Waals surface area contributed by atoms with Gasteiger partial charge in [-0.05, 0) is 56.0 Å². The third-order valence-electron chi connectivity index (χ3n) is 16.0. The molecule has 2 aromatic rings. The van der Waals surface area contributed by atoms with Gasteiger partial charge in [0.2, 0.25) is 0 Å². The normalized spacial score (nSPS) is 23.2. The van der Waals surface area contributed by atoms with Crippen LogP contribution in [-0.4, -0.2) is 36.7 Å². The maximum absolute atomic E-state index is 13.6. The number of carbonyl (C=O) groups is 2. The first kappa shape index (κ1) is 61.8. The van der Waals surface area contributed by atoms with Gasteiger partial charge in [-0.25, -0.2) is 0 Å². The van der Waals surface area contributed by atoms with Gasteiger partial charge in [-0.2, -0.15) is 0 Å². The standard InChI is InChI=1S/C62H100ClNO6.Na/c63-57-48-56-55(61(66)67)44-47-68-58(56)49-59(57)70-54-42-40-52(41-43-54)60(65)64-53-50-62(69-51-53)45-38-36-34-32-30-28-26-24-22-20-18-16-14-12-10-8-6-4-2-1-3-5-7-9-11-13-15-17-19-21-23-25-27-29-31-33-35-37-39-46-62;/h40-43,48-49,53,55H,1-39,44-47,50-51H2,(H,64,65)(H,66,67);/q;+1/p-1. The van der Waals surface area contributed by atoms with Gasteiger partial charge < -0.3 is 29.4 Å². The zero-order valence-electron chi connectivity index (χ0n) is 45.3. The number of carboxylic acids is 1. The maximum atomic E-state index is 13.6. The molecule has 396 valence electrons. The molecule has 2 aliphatic heterocycles. The van der Waals surface area contributed by atoms with Crippen molar-refractivity contribution >= 4 is 23.5 Å². The van der Waals surface area contributed by atoms with Crippen LogP contribution in [0, 0.1) is 0 Å².